The highest BCUT2D eigenvalue weighted by Crippen LogP contribution is 2.54. The van der Waals surface area contributed by atoms with E-state index in [4.69, 9.17) is 4.74 Å². The number of ether oxygens (including phenoxy) is 1. The third kappa shape index (κ3) is 4.20. The number of methoxy groups -OCH3 is 1. The van der Waals surface area contributed by atoms with Crippen LogP contribution in [-0.4, -0.2) is 25.2 Å². The fourth-order valence-corrected chi connectivity index (χ4v) is 9.79. The Labute approximate surface area is 221 Å². The van der Waals surface area contributed by atoms with E-state index < -0.39 is 15.6 Å². The molecule has 0 N–H and O–H groups in total. The van der Waals surface area contributed by atoms with E-state index in [1.807, 2.05) is 48.5 Å². The Bertz CT molecular complexity index is 1820. The first-order valence-corrected chi connectivity index (χ1v) is 16.7. The highest BCUT2D eigenvalue weighted by atomic mass is 31.1. The summed E-state index contributed by atoms with van der Waals surface area (Å²) in [5.74, 6) is 0.202. The maximum atomic E-state index is 15.1. The van der Waals surface area contributed by atoms with E-state index in [2.05, 4.69) is 35.2 Å². The number of benzene rings is 3. The molecule has 1 atom stereocenters. The SMILES string of the molecule is COc1ccnc([Si](C)(C)c2cc(F)cc(-c3ccc4c5cc(F)ccc5p(-c5ccccn5)c4c3)c2)c1. The van der Waals surface area contributed by atoms with Crippen LogP contribution in [-0.2, 0) is 0 Å². The molecule has 0 aliphatic rings. The van der Waals surface area contributed by atoms with Gasteiger partial charge in [-0.25, -0.2) is 8.78 Å². The van der Waals surface area contributed by atoms with Gasteiger partial charge in [0.05, 0.1) is 12.5 Å². The van der Waals surface area contributed by atoms with Crippen LogP contribution in [0.15, 0.2) is 97.3 Å². The minimum absolute atomic E-state index is 0.259. The van der Waals surface area contributed by atoms with Gasteiger partial charge in [0.2, 0.25) is 0 Å². The zero-order chi connectivity index (χ0) is 26.4. The predicted molar refractivity (Wildman–Crippen MR) is 156 cm³/mol. The fourth-order valence-electron chi connectivity index (χ4n) is 5.05. The molecule has 0 aliphatic heterocycles. The molecule has 7 heteroatoms. The van der Waals surface area contributed by atoms with Crippen molar-refractivity contribution in [2.75, 3.05) is 7.11 Å². The van der Waals surface area contributed by atoms with Gasteiger partial charge in [-0.3, -0.25) is 9.97 Å². The van der Waals surface area contributed by atoms with Crippen LogP contribution in [0.5, 0.6) is 5.75 Å². The van der Waals surface area contributed by atoms with E-state index in [1.54, 1.807) is 37.7 Å². The van der Waals surface area contributed by atoms with Crippen LogP contribution >= 0.6 is 7.53 Å². The quantitative estimate of drug-likeness (QED) is 0.213. The van der Waals surface area contributed by atoms with Gasteiger partial charge in [0.15, 0.2) is 0 Å². The molecule has 188 valence electrons. The van der Waals surface area contributed by atoms with E-state index in [0.717, 1.165) is 53.8 Å². The monoisotopic (exact) mass is 538 g/mol. The van der Waals surface area contributed by atoms with Gasteiger partial charge in [-0.1, -0.05) is 44.9 Å². The van der Waals surface area contributed by atoms with Crippen molar-refractivity contribution >= 4 is 47.1 Å². The largest absolute Gasteiger partial charge is 0.497 e. The fraction of sp³-hybridized carbons (Fsp3) is 0.0968. The molecule has 1 unspecified atom stereocenters. The molecule has 0 radical (unpaired) electrons. The summed E-state index contributed by atoms with van der Waals surface area (Å²) in [4.78, 5) is 9.27. The van der Waals surface area contributed by atoms with Gasteiger partial charge in [0.25, 0.3) is 0 Å². The van der Waals surface area contributed by atoms with Crippen LogP contribution in [0.2, 0.25) is 13.1 Å². The number of nitrogens with zero attached hydrogens (tertiary/aromatic N) is 2. The lowest BCUT2D eigenvalue weighted by Crippen LogP contribution is -2.54. The molecule has 38 heavy (non-hydrogen) atoms. The summed E-state index contributed by atoms with van der Waals surface area (Å²) < 4.78 is 34.8. The van der Waals surface area contributed by atoms with Crippen molar-refractivity contribution in [3.63, 3.8) is 0 Å². The number of aromatic nitrogens is 2. The second kappa shape index (κ2) is 9.46. The molecule has 0 spiro atoms. The lowest BCUT2D eigenvalue weighted by atomic mass is 10.0. The van der Waals surface area contributed by atoms with Crippen molar-refractivity contribution in [1.82, 2.24) is 9.97 Å². The molecule has 0 aliphatic carbocycles. The van der Waals surface area contributed by atoms with E-state index in [9.17, 15) is 4.39 Å². The Morgan fingerprint density at radius 1 is 0.711 bits per heavy atom. The van der Waals surface area contributed by atoms with Crippen LogP contribution in [0.3, 0.4) is 0 Å². The Hall–Kier alpha value is -3.86. The summed E-state index contributed by atoms with van der Waals surface area (Å²) in [6.45, 7) is 4.34. The topological polar surface area (TPSA) is 35.0 Å². The van der Waals surface area contributed by atoms with Gasteiger partial charge < -0.3 is 4.74 Å². The molecule has 3 aromatic carbocycles. The molecule has 0 saturated heterocycles. The first kappa shape index (κ1) is 24.5. The summed E-state index contributed by atoms with van der Waals surface area (Å²) in [6, 6.07) is 26.1. The smallest absolute Gasteiger partial charge is 0.135 e. The van der Waals surface area contributed by atoms with E-state index in [-0.39, 0.29) is 11.6 Å². The van der Waals surface area contributed by atoms with Crippen molar-refractivity contribution < 1.29 is 13.5 Å². The first-order chi connectivity index (χ1) is 18.3. The van der Waals surface area contributed by atoms with Gasteiger partial charge in [-0.05, 0) is 87.7 Å². The second-order valence-corrected chi connectivity index (χ2v) is 16.3. The molecule has 3 aromatic heterocycles. The van der Waals surface area contributed by atoms with Crippen molar-refractivity contribution in [3.05, 3.63) is 109 Å². The van der Waals surface area contributed by atoms with Crippen LogP contribution in [0.4, 0.5) is 8.78 Å². The summed E-state index contributed by atoms with van der Waals surface area (Å²) >= 11 is 0. The maximum Gasteiger partial charge on any atom is 0.135 e. The van der Waals surface area contributed by atoms with Gasteiger partial charge >= 0.3 is 0 Å². The molecule has 0 fully saturated rings. The lowest BCUT2D eigenvalue weighted by molar-refractivity contribution is 0.414. The molecule has 6 aromatic rings. The van der Waals surface area contributed by atoms with Gasteiger partial charge in [0.1, 0.15) is 25.5 Å². The first-order valence-electron chi connectivity index (χ1n) is 12.3. The number of hydrogen-bond donors (Lipinski definition) is 0. The standard InChI is InChI=1S/C31H25F2N2OPSi/c1-36-24-11-13-35-31(19-24)38(2,3)25-15-21(14-23(33)17-25)20-7-9-26-27-18-22(32)8-10-28(27)37(29(26)16-20)30-6-4-5-12-34-30/h4-19H,1-3H3. The van der Waals surface area contributed by atoms with E-state index in [1.165, 1.54) is 6.07 Å². The minimum atomic E-state index is -2.32. The van der Waals surface area contributed by atoms with Crippen molar-refractivity contribution in [3.8, 4) is 22.3 Å². The number of rotatable bonds is 5. The maximum absolute atomic E-state index is 15.1. The third-order valence-electron chi connectivity index (χ3n) is 7.17. The van der Waals surface area contributed by atoms with Gasteiger partial charge in [0, 0.05) is 27.9 Å². The van der Waals surface area contributed by atoms with Gasteiger partial charge in [-0.15, -0.1) is 0 Å². The van der Waals surface area contributed by atoms with Crippen LogP contribution in [0.25, 0.3) is 37.6 Å². The molecule has 3 nitrogen and oxygen atoms in total. The average molecular weight is 539 g/mol. The van der Waals surface area contributed by atoms with Crippen molar-refractivity contribution in [2.45, 2.75) is 13.1 Å². The zero-order valence-electron chi connectivity index (χ0n) is 21.2. The molecular weight excluding hydrogens is 513 g/mol. The molecule has 0 saturated carbocycles. The average Bonchev–Trinajstić information content (AvgIpc) is 3.26. The number of pyridine rings is 2. The summed E-state index contributed by atoms with van der Waals surface area (Å²) in [6.07, 6.45) is 3.53. The second-order valence-electron chi connectivity index (χ2n) is 9.85. The Kier molecular flexibility index (Phi) is 6.09. The van der Waals surface area contributed by atoms with Gasteiger partial charge in [-0.2, -0.15) is 0 Å². The lowest BCUT2D eigenvalue weighted by Gasteiger charge is -2.23. The van der Waals surface area contributed by atoms with E-state index >= 15 is 4.39 Å². The van der Waals surface area contributed by atoms with Crippen LogP contribution in [0.1, 0.15) is 0 Å². The molecule has 0 bridgehead atoms. The summed E-state index contributed by atoms with van der Waals surface area (Å²) in [7, 11) is -1.65. The molecular formula is C31H25F2N2OPSi. The normalized spacial score (nSPS) is 12.3. The van der Waals surface area contributed by atoms with Crippen molar-refractivity contribution in [1.29, 1.82) is 0 Å². The summed E-state index contributed by atoms with van der Waals surface area (Å²) in [5.41, 5.74) is 2.69. The van der Waals surface area contributed by atoms with Crippen LogP contribution in [0, 0.1) is 11.6 Å². The summed E-state index contributed by atoms with van der Waals surface area (Å²) in [5, 5.41) is 5.98. The molecule has 0 amide bonds. The third-order valence-corrected chi connectivity index (χ3v) is 12.9. The number of halogens is 2. The number of hydrogen-bond acceptors (Lipinski definition) is 3. The highest BCUT2D eigenvalue weighted by molar-refractivity contribution is 7.67. The Morgan fingerprint density at radius 2 is 1.58 bits per heavy atom. The molecule has 3 heterocycles. The highest BCUT2D eigenvalue weighted by Gasteiger charge is 2.29. The Morgan fingerprint density at radius 3 is 2.37 bits per heavy atom. The zero-order valence-corrected chi connectivity index (χ0v) is 23.1. The minimum Gasteiger partial charge on any atom is -0.497 e. The van der Waals surface area contributed by atoms with Crippen molar-refractivity contribution in [2.24, 2.45) is 0 Å². The van der Waals surface area contributed by atoms with E-state index in [0.29, 0.717) is 0 Å². The predicted octanol–water partition coefficient (Wildman–Crippen LogP) is 7.54. The van der Waals surface area contributed by atoms with Crippen LogP contribution < -0.4 is 15.2 Å². The molecule has 6 rings (SSSR count). The number of fused-ring (bicyclic) bond motifs is 3. The Balaban J connectivity index is 1.54.